The van der Waals surface area contributed by atoms with Gasteiger partial charge in [-0.25, -0.2) is 24.6 Å². The molecule has 0 radical (unpaired) electrons. The van der Waals surface area contributed by atoms with Crippen molar-refractivity contribution in [3.05, 3.63) is 120 Å². The van der Waals surface area contributed by atoms with Gasteiger partial charge in [0.1, 0.15) is 24.8 Å². The summed E-state index contributed by atoms with van der Waals surface area (Å²) in [5.41, 5.74) is 1.46. The molecule has 3 aromatic carbocycles. The Kier molecular flexibility index (Phi) is 7.50. The molecule has 5 aromatic rings. The Morgan fingerprint density at radius 3 is 1.98 bits per heavy atom. The first kappa shape index (κ1) is 26.9. The van der Waals surface area contributed by atoms with Crippen LogP contribution >= 0.6 is 0 Å². The number of esters is 1. The number of nitrogens with zero attached hydrogens (tertiary/aromatic N) is 5. The molecule has 0 unspecified atom stereocenters. The highest BCUT2D eigenvalue weighted by Gasteiger charge is 2.40. The summed E-state index contributed by atoms with van der Waals surface area (Å²) in [6.07, 6.45) is 0.697. The smallest absolute Gasteiger partial charge is 0.338 e. The van der Waals surface area contributed by atoms with Crippen LogP contribution in [0.15, 0.2) is 104 Å². The molecule has 0 saturated carbocycles. The number of carbonyl (C=O) groups is 3. The number of rotatable bonds is 7. The van der Waals surface area contributed by atoms with Crippen LogP contribution in [0.4, 0.5) is 5.82 Å². The van der Waals surface area contributed by atoms with E-state index in [1.54, 1.807) is 95.6 Å². The third kappa shape index (κ3) is 5.14. The molecule has 1 aliphatic heterocycles. The van der Waals surface area contributed by atoms with Gasteiger partial charge in [0.05, 0.1) is 18.5 Å². The predicted molar refractivity (Wildman–Crippen MR) is 151 cm³/mol. The third-order valence-corrected chi connectivity index (χ3v) is 6.94. The Morgan fingerprint density at radius 2 is 1.40 bits per heavy atom. The van der Waals surface area contributed by atoms with E-state index in [0.29, 0.717) is 22.3 Å². The Labute approximate surface area is 240 Å². The first-order chi connectivity index (χ1) is 20.5. The van der Waals surface area contributed by atoms with Crippen LogP contribution in [0.5, 0.6) is 0 Å². The van der Waals surface area contributed by atoms with Crippen molar-refractivity contribution < 1.29 is 29.0 Å². The molecule has 11 nitrogen and oxygen atoms in total. The van der Waals surface area contributed by atoms with Crippen molar-refractivity contribution in [1.29, 1.82) is 0 Å². The summed E-state index contributed by atoms with van der Waals surface area (Å²) in [5, 5.41) is 9.96. The Balaban J connectivity index is 1.34. The second kappa shape index (κ2) is 11.7. The summed E-state index contributed by atoms with van der Waals surface area (Å²) in [6.45, 7) is -0.374. The zero-order valence-corrected chi connectivity index (χ0v) is 22.2. The predicted octanol–water partition coefficient (Wildman–Crippen LogP) is 3.82. The summed E-state index contributed by atoms with van der Waals surface area (Å²) in [7, 11) is 0. The van der Waals surface area contributed by atoms with Gasteiger partial charge < -0.3 is 14.6 Å². The lowest BCUT2D eigenvalue weighted by Crippen LogP contribution is -2.38. The monoisotopic (exact) mass is 563 g/mol. The normalized spacial score (nSPS) is 18.1. The standard InChI is InChI=1S/C31H25N5O6/c37-17-24-23(42-31(40)22-14-8-3-9-15-22)16-25(41-24)35-19-34-26-27(35)32-18-33-28(26)36(29(38)20-10-4-1-5-11-20)30(39)21-12-6-2-7-13-21/h1-15,18-19,23-25,37H,16-17H2/t23-,24+,25+/m0/s1. The average molecular weight is 564 g/mol. The first-order valence-corrected chi connectivity index (χ1v) is 13.2. The summed E-state index contributed by atoms with van der Waals surface area (Å²) in [4.78, 5) is 54.2. The average Bonchev–Trinajstić information content (AvgIpc) is 3.66. The minimum atomic E-state index is -0.780. The van der Waals surface area contributed by atoms with E-state index in [4.69, 9.17) is 9.47 Å². The van der Waals surface area contributed by atoms with Crippen molar-refractivity contribution >= 4 is 34.8 Å². The molecule has 210 valence electrons. The number of aliphatic hydroxyl groups is 1. The molecule has 0 aliphatic carbocycles. The fourth-order valence-electron chi connectivity index (χ4n) is 4.86. The highest BCUT2D eigenvalue weighted by Crippen LogP contribution is 2.34. The molecule has 1 saturated heterocycles. The fourth-order valence-corrected chi connectivity index (χ4v) is 4.86. The van der Waals surface area contributed by atoms with Crippen LogP contribution in [0.1, 0.15) is 43.7 Å². The minimum Gasteiger partial charge on any atom is -0.456 e. The number of aliphatic hydroxyl groups excluding tert-OH is 1. The lowest BCUT2D eigenvalue weighted by Gasteiger charge is -2.20. The van der Waals surface area contributed by atoms with Gasteiger partial charge in [-0.2, -0.15) is 0 Å². The maximum absolute atomic E-state index is 13.7. The number of ether oxygens (including phenoxy) is 2. The van der Waals surface area contributed by atoms with Gasteiger partial charge in [0.25, 0.3) is 11.8 Å². The van der Waals surface area contributed by atoms with Crippen molar-refractivity contribution in [2.75, 3.05) is 11.5 Å². The highest BCUT2D eigenvalue weighted by molar-refractivity contribution is 6.27. The van der Waals surface area contributed by atoms with Crippen LogP contribution in [-0.4, -0.2) is 61.2 Å². The number of hydrogen-bond acceptors (Lipinski definition) is 9. The number of carbonyl (C=O) groups excluding carboxylic acids is 3. The molecule has 1 fully saturated rings. The number of aromatic nitrogens is 4. The molecule has 6 rings (SSSR count). The second-order valence-electron chi connectivity index (χ2n) is 9.56. The van der Waals surface area contributed by atoms with Crippen molar-refractivity contribution in [2.45, 2.75) is 24.9 Å². The number of fused-ring (bicyclic) bond motifs is 1. The summed E-state index contributed by atoms with van der Waals surface area (Å²) in [6, 6.07) is 25.4. The van der Waals surface area contributed by atoms with Crippen molar-refractivity contribution in [1.82, 2.24) is 19.5 Å². The van der Waals surface area contributed by atoms with Gasteiger partial charge in [0.15, 0.2) is 17.0 Å². The number of imidazole rings is 1. The van der Waals surface area contributed by atoms with Crippen LogP contribution in [-0.2, 0) is 9.47 Å². The minimum absolute atomic E-state index is 0.00483. The molecular formula is C31H25N5O6. The van der Waals surface area contributed by atoms with E-state index in [1.165, 1.54) is 12.7 Å². The van der Waals surface area contributed by atoms with Crippen molar-refractivity contribution in [3.63, 3.8) is 0 Å². The largest absolute Gasteiger partial charge is 0.456 e. The molecule has 1 aliphatic rings. The molecule has 3 heterocycles. The summed E-state index contributed by atoms with van der Waals surface area (Å²) in [5.74, 6) is -1.68. The quantitative estimate of drug-likeness (QED) is 0.231. The Hall–Kier alpha value is -5.26. The topological polar surface area (TPSA) is 137 Å². The molecule has 2 aromatic heterocycles. The molecule has 1 N–H and O–H groups in total. The van der Waals surface area contributed by atoms with Crippen molar-refractivity contribution in [3.8, 4) is 0 Å². The molecule has 11 heteroatoms. The van der Waals surface area contributed by atoms with Gasteiger partial charge in [0.2, 0.25) is 0 Å². The lowest BCUT2D eigenvalue weighted by atomic mass is 10.1. The highest BCUT2D eigenvalue weighted by atomic mass is 16.6. The van der Waals surface area contributed by atoms with Gasteiger partial charge >= 0.3 is 5.97 Å². The SMILES string of the molecule is O=C(O[C@H]1C[C@H](n2cnc3c(N(C(=O)c4ccccc4)C(=O)c4ccccc4)ncnc32)O[C@@H]1CO)c1ccccc1. The van der Waals surface area contributed by atoms with Crippen LogP contribution in [0.25, 0.3) is 11.2 Å². The molecular weight excluding hydrogens is 538 g/mol. The number of imide groups is 1. The second-order valence-corrected chi connectivity index (χ2v) is 9.56. The zero-order chi connectivity index (χ0) is 29.1. The van der Waals surface area contributed by atoms with E-state index in [2.05, 4.69) is 15.0 Å². The van der Waals surface area contributed by atoms with E-state index in [-0.39, 0.29) is 24.4 Å². The van der Waals surface area contributed by atoms with Crippen LogP contribution in [0, 0.1) is 0 Å². The summed E-state index contributed by atoms with van der Waals surface area (Å²) >= 11 is 0. The van der Waals surface area contributed by atoms with E-state index >= 15 is 0 Å². The molecule has 0 spiro atoms. The van der Waals surface area contributed by atoms with E-state index in [9.17, 15) is 19.5 Å². The molecule has 2 amide bonds. The fraction of sp³-hybridized carbons (Fsp3) is 0.161. The van der Waals surface area contributed by atoms with Gasteiger partial charge in [0, 0.05) is 17.5 Å². The maximum atomic E-state index is 13.7. The Morgan fingerprint density at radius 1 is 0.833 bits per heavy atom. The van der Waals surface area contributed by atoms with Gasteiger partial charge in [-0.3, -0.25) is 14.2 Å². The van der Waals surface area contributed by atoms with E-state index in [1.807, 2.05) is 0 Å². The number of hydrogen-bond donors (Lipinski definition) is 1. The van der Waals surface area contributed by atoms with E-state index in [0.717, 1.165) is 4.90 Å². The number of anilines is 1. The number of benzene rings is 3. The maximum Gasteiger partial charge on any atom is 0.338 e. The molecule has 0 bridgehead atoms. The third-order valence-electron chi connectivity index (χ3n) is 6.94. The van der Waals surface area contributed by atoms with Gasteiger partial charge in [-0.05, 0) is 36.4 Å². The van der Waals surface area contributed by atoms with Crippen LogP contribution in [0.2, 0.25) is 0 Å². The first-order valence-electron chi connectivity index (χ1n) is 13.2. The number of amides is 2. The van der Waals surface area contributed by atoms with Crippen LogP contribution < -0.4 is 4.90 Å². The van der Waals surface area contributed by atoms with Gasteiger partial charge in [-0.15, -0.1) is 0 Å². The Bertz CT molecular complexity index is 1680. The van der Waals surface area contributed by atoms with Crippen LogP contribution in [0.3, 0.4) is 0 Å². The lowest BCUT2D eigenvalue weighted by molar-refractivity contribution is -0.0500. The van der Waals surface area contributed by atoms with E-state index < -0.39 is 36.2 Å². The van der Waals surface area contributed by atoms with Gasteiger partial charge in [-0.1, -0.05) is 54.6 Å². The van der Waals surface area contributed by atoms with Crippen molar-refractivity contribution in [2.24, 2.45) is 0 Å². The zero-order valence-electron chi connectivity index (χ0n) is 22.2. The molecule has 42 heavy (non-hydrogen) atoms. The summed E-state index contributed by atoms with van der Waals surface area (Å²) < 4.78 is 13.3. The molecule has 3 atom stereocenters.